The topological polar surface area (TPSA) is 65.3 Å². The van der Waals surface area contributed by atoms with E-state index in [-0.39, 0.29) is 11.0 Å². The molecule has 9 heteroatoms. The van der Waals surface area contributed by atoms with E-state index >= 15 is 0 Å². The summed E-state index contributed by atoms with van der Waals surface area (Å²) in [5, 5.41) is 10.8. The molecule has 0 spiro atoms. The minimum atomic E-state index is -5.01. The molecule has 0 fully saturated rings. The van der Waals surface area contributed by atoms with E-state index in [0.717, 1.165) is 6.07 Å². The molecule has 1 rings (SSSR count). The zero-order valence-electron chi connectivity index (χ0n) is 8.42. The summed E-state index contributed by atoms with van der Waals surface area (Å²) in [6.45, 7) is 1.43. The summed E-state index contributed by atoms with van der Waals surface area (Å²) < 4.78 is 39.5. The van der Waals surface area contributed by atoms with Crippen LogP contribution in [0.3, 0.4) is 0 Å². The smallest absolute Gasteiger partial charge is 0.381 e. The lowest BCUT2D eigenvalue weighted by Gasteiger charge is -2.10. The Balaban J connectivity index is 3.28. The molecular formula is C8H6BrF3N2O3. The number of aromatic nitrogens is 1. The highest BCUT2D eigenvalue weighted by molar-refractivity contribution is 9.08. The van der Waals surface area contributed by atoms with Crippen LogP contribution in [0.2, 0.25) is 0 Å². The zero-order valence-corrected chi connectivity index (χ0v) is 10.0. The number of nitro groups is 1. The maximum Gasteiger partial charge on any atom is 0.574 e. The van der Waals surface area contributed by atoms with Crippen LogP contribution in [0.15, 0.2) is 6.07 Å². The minimum Gasteiger partial charge on any atom is -0.381 e. The Morgan fingerprint density at radius 3 is 2.59 bits per heavy atom. The first-order valence-corrected chi connectivity index (χ1v) is 5.33. The van der Waals surface area contributed by atoms with Crippen molar-refractivity contribution >= 4 is 21.6 Å². The molecule has 0 saturated heterocycles. The monoisotopic (exact) mass is 314 g/mol. The molecule has 0 aliphatic rings. The fraction of sp³-hybridized carbons (Fsp3) is 0.375. The molecule has 0 aliphatic heterocycles. The molecule has 17 heavy (non-hydrogen) atoms. The lowest BCUT2D eigenvalue weighted by molar-refractivity contribution is -0.389. The van der Waals surface area contributed by atoms with Crippen molar-refractivity contribution in [2.24, 2.45) is 0 Å². The van der Waals surface area contributed by atoms with Gasteiger partial charge in [0.15, 0.2) is 0 Å². The first-order valence-electron chi connectivity index (χ1n) is 4.21. The Morgan fingerprint density at radius 2 is 2.18 bits per heavy atom. The van der Waals surface area contributed by atoms with Crippen molar-refractivity contribution in [1.82, 2.24) is 4.98 Å². The molecule has 0 bridgehead atoms. The number of ether oxygens (including phenoxy) is 1. The average Bonchev–Trinajstić information content (AvgIpc) is 2.14. The van der Waals surface area contributed by atoms with Crippen LogP contribution in [0.25, 0.3) is 0 Å². The third kappa shape index (κ3) is 3.55. The molecule has 1 heterocycles. The maximum atomic E-state index is 12.0. The van der Waals surface area contributed by atoms with Crippen molar-refractivity contribution in [2.45, 2.75) is 18.6 Å². The number of hydrogen-bond donors (Lipinski definition) is 0. The van der Waals surface area contributed by atoms with E-state index in [0.29, 0.717) is 5.56 Å². The van der Waals surface area contributed by atoms with Gasteiger partial charge in [-0.15, -0.1) is 13.2 Å². The van der Waals surface area contributed by atoms with Gasteiger partial charge in [0.25, 0.3) is 0 Å². The second-order valence-electron chi connectivity index (χ2n) is 3.00. The predicted molar refractivity (Wildman–Crippen MR) is 54.9 cm³/mol. The number of aryl methyl sites for hydroxylation is 1. The van der Waals surface area contributed by atoms with Crippen molar-refractivity contribution in [3.63, 3.8) is 0 Å². The number of halogens is 4. The number of alkyl halides is 4. The van der Waals surface area contributed by atoms with Gasteiger partial charge in [-0.25, -0.2) is 4.98 Å². The van der Waals surface area contributed by atoms with Gasteiger partial charge in [-0.1, -0.05) is 15.9 Å². The standard InChI is InChI=1S/C8H6BrF3N2O3/c1-4-5(3-9)2-6(14(15)16)7(13-4)17-8(10,11)12/h2H,3H2,1H3. The molecule has 1 aromatic rings. The molecule has 5 nitrogen and oxygen atoms in total. The molecule has 0 aromatic carbocycles. The summed E-state index contributed by atoms with van der Waals surface area (Å²) >= 11 is 3.05. The molecule has 0 atom stereocenters. The Morgan fingerprint density at radius 1 is 1.59 bits per heavy atom. The highest BCUT2D eigenvalue weighted by atomic mass is 79.9. The predicted octanol–water partition coefficient (Wildman–Crippen LogP) is 3.09. The van der Waals surface area contributed by atoms with E-state index in [2.05, 4.69) is 25.7 Å². The molecule has 0 aliphatic carbocycles. The van der Waals surface area contributed by atoms with Crippen LogP contribution >= 0.6 is 15.9 Å². The minimum absolute atomic E-state index is 0.228. The van der Waals surface area contributed by atoms with Gasteiger partial charge < -0.3 is 4.74 Å². The summed E-state index contributed by atoms with van der Waals surface area (Å²) in [6.07, 6.45) is -5.01. The fourth-order valence-corrected chi connectivity index (χ4v) is 1.63. The van der Waals surface area contributed by atoms with Crippen molar-refractivity contribution in [2.75, 3.05) is 0 Å². The maximum absolute atomic E-state index is 12.0. The number of hydrogen-bond acceptors (Lipinski definition) is 4. The summed E-state index contributed by atoms with van der Waals surface area (Å²) in [4.78, 5) is 13.1. The summed E-state index contributed by atoms with van der Waals surface area (Å²) in [5.41, 5.74) is -0.166. The largest absolute Gasteiger partial charge is 0.574 e. The highest BCUT2D eigenvalue weighted by Crippen LogP contribution is 2.32. The molecular weight excluding hydrogens is 309 g/mol. The Labute approximate surface area is 102 Å². The third-order valence-electron chi connectivity index (χ3n) is 1.82. The third-order valence-corrected chi connectivity index (χ3v) is 2.42. The summed E-state index contributed by atoms with van der Waals surface area (Å²) in [5.74, 6) is -1.05. The van der Waals surface area contributed by atoms with Crippen molar-refractivity contribution in [3.05, 3.63) is 27.4 Å². The average molecular weight is 315 g/mol. The van der Waals surface area contributed by atoms with Crippen molar-refractivity contribution in [3.8, 4) is 5.88 Å². The van der Waals surface area contributed by atoms with E-state index in [4.69, 9.17) is 0 Å². The van der Waals surface area contributed by atoms with Crippen LogP contribution < -0.4 is 4.74 Å². The van der Waals surface area contributed by atoms with E-state index in [1.165, 1.54) is 6.92 Å². The Kier molecular flexibility index (Phi) is 3.91. The molecule has 0 saturated carbocycles. The first-order chi connectivity index (χ1) is 7.74. The number of pyridine rings is 1. The van der Waals surface area contributed by atoms with E-state index < -0.39 is 22.9 Å². The Bertz CT molecular complexity index is 450. The zero-order chi connectivity index (χ0) is 13.2. The summed E-state index contributed by atoms with van der Waals surface area (Å²) in [7, 11) is 0. The second-order valence-corrected chi connectivity index (χ2v) is 3.56. The van der Waals surface area contributed by atoms with Crippen molar-refractivity contribution < 1.29 is 22.8 Å². The molecule has 0 radical (unpaired) electrons. The van der Waals surface area contributed by atoms with Gasteiger partial charge in [0.2, 0.25) is 0 Å². The lowest BCUT2D eigenvalue weighted by Crippen LogP contribution is -2.19. The normalized spacial score (nSPS) is 11.4. The van der Waals surface area contributed by atoms with Gasteiger partial charge in [0.1, 0.15) is 0 Å². The lowest BCUT2D eigenvalue weighted by atomic mass is 10.2. The van der Waals surface area contributed by atoms with E-state index in [9.17, 15) is 23.3 Å². The van der Waals surface area contributed by atoms with Gasteiger partial charge in [0, 0.05) is 17.1 Å². The van der Waals surface area contributed by atoms with Crippen molar-refractivity contribution in [1.29, 1.82) is 0 Å². The van der Waals surface area contributed by atoms with Crippen LogP contribution in [0.5, 0.6) is 5.88 Å². The van der Waals surface area contributed by atoms with Crippen LogP contribution in [-0.2, 0) is 5.33 Å². The molecule has 0 unspecified atom stereocenters. The van der Waals surface area contributed by atoms with Gasteiger partial charge >= 0.3 is 17.9 Å². The van der Waals surface area contributed by atoms with Gasteiger partial charge in [-0.2, -0.15) is 0 Å². The number of nitrogens with zero attached hydrogens (tertiary/aromatic N) is 2. The highest BCUT2D eigenvalue weighted by Gasteiger charge is 2.35. The second kappa shape index (κ2) is 4.86. The fourth-order valence-electron chi connectivity index (χ4n) is 1.06. The SMILES string of the molecule is Cc1nc(OC(F)(F)F)c([N+](=O)[O-])cc1CBr. The quantitative estimate of drug-likeness (QED) is 0.488. The molecule has 94 valence electrons. The molecule has 0 amide bonds. The van der Waals surface area contributed by atoms with Crippen LogP contribution in [0, 0.1) is 17.0 Å². The van der Waals surface area contributed by atoms with Gasteiger partial charge in [-0.3, -0.25) is 10.1 Å². The van der Waals surface area contributed by atoms with E-state index in [1.807, 2.05) is 0 Å². The van der Waals surface area contributed by atoms with Crippen LogP contribution in [0.1, 0.15) is 11.3 Å². The van der Waals surface area contributed by atoms with Crippen LogP contribution in [0.4, 0.5) is 18.9 Å². The van der Waals surface area contributed by atoms with Gasteiger partial charge in [0.05, 0.1) is 4.92 Å². The molecule has 1 aromatic heterocycles. The Hall–Kier alpha value is -1.38. The van der Waals surface area contributed by atoms with E-state index in [1.54, 1.807) is 0 Å². The van der Waals surface area contributed by atoms with Crippen LogP contribution in [-0.4, -0.2) is 16.3 Å². The molecule has 0 N–H and O–H groups in total. The number of rotatable bonds is 3. The summed E-state index contributed by atoms with van der Waals surface area (Å²) in [6, 6.07) is 0.998. The first kappa shape index (κ1) is 13.7. The van der Waals surface area contributed by atoms with Gasteiger partial charge in [-0.05, 0) is 12.5 Å².